The van der Waals surface area contributed by atoms with Crippen LogP contribution in [0.25, 0.3) is 0 Å². The summed E-state index contributed by atoms with van der Waals surface area (Å²) >= 11 is 0. The molecule has 0 aliphatic carbocycles. The van der Waals surface area contributed by atoms with Gasteiger partial charge in [0.05, 0.1) is 0 Å². The Morgan fingerprint density at radius 3 is 2.43 bits per heavy atom. The van der Waals surface area contributed by atoms with Crippen molar-refractivity contribution in [2.24, 2.45) is 0 Å². The van der Waals surface area contributed by atoms with Crippen LogP contribution in [-0.2, 0) is 0 Å². The highest BCUT2D eigenvalue weighted by Crippen LogP contribution is 1.56. The van der Waals surface area contributed by atoms with E-state index in [-0.39, 0.29) is 0 Å². The van der Waals surface area contributed by atoms with Crippen LogP contribution < -0.4 is 4.99 Å². The molecule has 0 bridgehead atoms. The molecule has 0 aromatic heterocycles. The van der Waals surface area contributed by atoms with E-state index in [2.05, 4.69) is 18.2 Å². The van der Waals surface area contributed by atoms with Crippen molar-refractivity contribution in [1.82, 2.24) is 0 Å². The fourth-order valence-electron chi connectivity index (χ4n) is 0.201. The highest BCUT2D eigenvalue weighted by Gasteiger charge is 1.75. The average Bonchev–Trinajstić information content (AvgIpc) is 1.61. The van der Waals surface area contributed by atoms with Crippen LogP contribution in [0.3, 0.4) is 0 Å². The molecule has 0 aliphatic rings. The molecular formula is C6H10N+. The molecule has 0 amide bonds. The molecule has 7 heavy (non-hydrogen) atoms. The maximum Gasteiger partial charge on any atom is 0.169 e. The van der Waals surface area contributed by atoms with Crippen molar-refractivity contribution in [3.8, 4) is 0 Å². The standard InChI is InChI=1S/C6H9N/c1-4-5-7-6(2)3/h4-5H,1-2H2,3H3/p+1. The fraction of sp³-hybridized carbons (Fsp3) is 0.167. The SMILES string of the molecule is C=CC=[NH+]C(=C)C. The Morgan fingerprint density at radius 1 is 1.71 bits per heavy atom. The van der Waals surface area contributed by atoms with Crippen molar-refractivity contribution in [2.45, 2.75) is 6.92 Å². The molecule has 1 heteroatoms. The molecule has 0 rings (SSSR count). The lowest BCUT2D eigenvalue weighted by molar-refractivity contribution is -0.389. The third kappa shape index (κ3) is 5.15. The van der Waals surface area contributed by atoms with Crippen LogP contribution >= 0.6 is 0 Å². The van der Waals surface area contributed by atoms with Gasteiger partial charge in [0.15, 0.2) is 11.9 Å². The molecule has 0 unspecified atom stereocenters. The monoisotopic (exact) mass is 96.1 g/mol. The molecule has 0 heterocycles. The molecule has 0 aromatic rings. The summed E-state index contributed by atoms with van der Waals surface area (Å²) in [6.07, 6.45) is 3.41. The van der Waals surface area contributed by atoms with Crippen molar-refractivity contribution >= 4 is 6.21 Å². The van der Waals surface area contributed by atoms with Crippen LogP contribution in [0.1, 0.15) is 6.92 Å². The van der Waals surface area contributed by atoms with Crippen molar-refractivity contribution in [1.29, 1.82) is 0 Å². The number of hydrogen-bond donors (Lipinski definition) is 1. The van der Waals surface area contributed by atoms with Crippen LogP contribution in [0.5, 0.6) is 0 Å². The van der Waals surface area contributed by atoms with Gasteiger partial charge in [0.25, 0.3) is 0 Å². The van der Waals surface area contributed by atoms with Gasteiger partial charge < -0.3 is 0 Å². The normalized spacial score (nSPS) is 9.29. The van der Waals surface area contributed by atoms with Crippen LogP contribution in [0.2, 0.25) is 0 Å². The highest BCUT2D eigenvalue weighted by atomic mass is 14.7. The lowest BCUT2D eigenvalue weighted by Gasteiger charge is -1.69. The quantitative estimate of drug-likeness (QED) is 0.460. The lowest BCUT2D eigenvalue weighted by atomic mass is 10.6. The topological polar surface area (TPSA) is 14.0 Å². The summed E-state index contributed by atoms with van der Waals surface area (Å²) in [5, 5.41) is 0. The summed E-state index contributed by atoms with van der Waals surface area (Å²) in [4.78, 5) is 2.86. The third-order valence-electron chi connectivity index (χ3n) is 0.448. The Morgan fingerprint density at radius 2 is 2.29 bits per heavy atom. The Hall–Kier alpha value is -0.850. The van der Waals surface area contributed by atoms with Gasteiger partial charge in [-0.3, -0.25) is 0 Å². The van der Waals surface area contributed by atoms with Gasteiger partial charge >= 0.3 is 0 Å². The minimum Gasteiger partial charge on any atom is -0.216 e. The van der Waals surface area contributed by atoms with Crippen LogP contribution in [0.15, 0.2) is 24.9 Å². The third-order valence-corrected chi connectivity index (χ3v) is 0.448. The van der Waals surface area contributed by atoms with E-state index in [4.69, 9.17) is 0 Å². The molecule has 0 atom stereocenters. The van der Waals surface area contributed by atoms with E-state index >= 15 is 0 Å². The average molecular weight is 96.2 g/mol. The summed E-state index contributed by atoms with van der Waals surface area (Å²) in [6.45, 7) is 8.96. The van der Waals surface area contributed by atoms with E-state index in [0.29, 0.717) is 0 Å². The Bertz CT molecular complexity index is 101. The van der Waals surface area contributed by atoms with Gasteiger partial charge in [-0.15, -0.1) is 0 Å². The summed E-state index contributed by atoms with van der Waals surface area (Å²) in [6, 6.07) is 0. The minimum absolute atomic E-state index is 0.930. The molecule has 1 N–H and O–H groups in total. The van der Waals surface area contributed by atoms with Crippen LogP contribution in [0.4, 0.5) is 0 Å². The number of nitrogens with one attached hydrogen (secondary N) is 1. The molecule has 1 nitrogen and oxygen atoms in total. The summed E-state index contributed by atoms with van der Waals surface area (Å²) in [5.74, 6) is 0. The van der Waals surface area contributed by atoms with E-state index < -0.39 is 0 Å². The summed E-state index contributed by atoms with van der Waals surface area (Å²) < 4.78 is 0. The predicted octanol–water partition coefficient (Wildman–Crippen LogP) is -0.143. The maximum absolute atomic E-state index is 3.60. The second kappa shape index (κ2) is 3.34. The zero-order valence-electron chi connectivity index (χ0n) is 4.57. The van der Waals surface area contributed by atoms with Crippen LogP contribution in [-0.4, -0.2) is 6.21 Å². The van der Waals surface area contributed by atoms with Gasteiger partial charge in [-0.25, -0.2) is 4.99 Å². The van der Waals surface area contributed by atoms with E-state index in [0.717, 1.165) is 5.70 Å². The fourth-order valence-corrected chi connectivity index (χ4v) is 0.201. The van der Waals surface area contributed by atoms with Gasteiger partial charge in [0, 0.05) is 6.92 Å². The van der Waals surface area contributed by atoms with Crippen molar-refractivity contribution in [3.05, 3.63) is 24.9 Å². The van der Waals surface area contributed by atoms with Gasteiger partial charge in [-0.1, -0.05) is 6.58 Å². The van der Waals surface area contributed by atoms with E-state index in [1.54, 1.807) is 12.3 Å². The first-order valence-corrected chi connectivity index (χ1v) is 2.13. The second-order valence-corrected chi connectivity index (χ2v) is 1.33. The molecular weight excluding hydrogens is 86.1 g/mol. The largest absolute Gasteiger partial charge is 0.216 e. The number of hydrogen-bond acceptors (Lipinski definition) is 0. The number of allylic oxidation sites excluding steroid dienone is 2. The van der Waals surface area contributed by atoms with E-state index in [9.17, 15) is 0 Å². The first-order valence-electron chi connectivity index (χ1n) is 2.13. The molecule has 0 saturated heterocycles. The maximum atomic E-state index is 3.60. The van der Waals surface area contributed by atoms with E-state index in [1.165, 1.54) is 0 Å². The van der Waals surface area contributed by atoms with Crippen LogP contribution in [0, 0.1) is 0 Å². The molecule has 0 fully saturated rings. The zero-order chi connectivity index (χ0) is 5.70. The van der Waals surface area contributed by atoms with Crippen molar-refractivity contribution < 1.29 is 4.99 Å². The number of rotatable bonds is 2. The van der Waals surface area contributed by atoms with Crippen molar-refractivity contribution in [3.63, 3.8) is 0 Å². The second-order valence-electron chi connectivity index (χ2n) is 1.33. The van der Waals surface area contributed by atoms with Gasteiger partial charge in [-0.2, -0.15) is 0 Å². The molecule has 0 radical (unpaired) electrons. The van der Waals surface area contributed by atoms with Gasteiger partial charge in [0.1, 0.15) is 0 Å². The van der Waals surface area contributed by atoms with E-state index in [1.807, 2.05) is 6.92 Å². The first-order chi connectivity index (χ1) is 3.27. The lowest BCUT2D eigenvalue weighted by Crippen LogP contribution is -2.64. The predicted molar refractivity (Wildman–Crippen MR) is 32.0 cm³/mol. The molecule has 38 valence electrons. The molecule has 0 saturated carbocycles. The molecule has 0 spiro atoms. The summed E-state index contributed by atoms with van der Waals surface area (Å²) in [7, 11) is 0. The molecule has 0 aliphatic heterocycles. The Kier molecular flexibility index (Phi) is 2.94. The van der Waals surface area contributed by atoms with Gasteiger partial charge in [0.2, 0.25) is 0 Å². The highest BCUT2D eigenvalue weighted by molar-refractivity contribution is 5.64. The Balaban J connectivity index is 3.46. The summed E-state index contributed by atoms with van der Waals surface area (Å²) in [5.41, 5.74) is 0.930. The Labute approximate surface area is 44.1 Å². The zero-order valence-corrected chi connectivity index (χ0v) is 4.57. The van der Waals surface area contributed by atoms with Crippen molar-refractivity contribution in [2.75, 3.05) is 0 Å². The smallest absolute Gasteiger partial charge is 0.169 e. The molecule has 0 aromatic carbocycles. The minimum atomic E-state index is 0.930. The van der Waals surface area contributed by atoms with Gasteiger partial charge in [-0.05, 0) is 12.7 Å². The first kappa shape index (κ1) is 6.15.